The van der Waals surface area contributed by atoms with Gasteiger partial charge >= 0.3 is 6.18 Å². The zero-order valence-electron chi connectivity index (χ0n) is 14.1. The number of fused-ring (bicyclic) bond motifs is 1. The van der Waals surface area contributed by atoms with E-state index in [1.54, 1.807) is 9.80 Å². The molecular formula is C18H19F3N4O. The van der Waals surface area contributed by atoms with Crippen molar-refractivity contribution in [1.29, 1.82) is 0 Å². The molecule has 2 aliphatic heterocycles. The molecule has 1 atom stereocenters. The summed E-state index contributed by atoms with van der Waals surface area (Å²) in [5.41, 5.74) is 0.757. The second-order valence-corrected chi connectivity index (χ2v) is 6.70. The fourth-order valence-electron chi connectivity index (χ4n) is 3.54. The predicted octanol–water partition coefficient (Wildman–Crippen LogP) is 3.15. The molecule has 5 nitrogen and oxygen atoms in total. The summed E-state index contributed by atoms with van der Waals surface area (Å²) in [4.78, 5) is 11.6. The molecule has 0 saturated carbocycles. The van der Waals surface area contributed by atoms with Gasteiger partial charge in [-0.1, -0.05) is 24.3 Å². The van der Waals surface area contributed by atoms with Gasteiger partial charge in [-0.25, -0.2) is 4.98 Å². The van der Waals surface area contributed by atoms with Gasteiger partial charge in [0, 0.05) is 32.2 Å². The standard InChI is InChI=1S/C18H19F3N4O/c19-18(20,21)15-9-16(23-17(22-15)24-7-3-4-8-24)25-10-12-5-1-2-6-13(12)14(26)11-25/h1-2,5-6,9,14,26H,3-4,7-8,10-11H2/t14-/m1/s1. The van der Waals surface area contributed by atoms with Gasteiger partial charge in [-0.05, 0) is 24.0 Å². The van der Waals surface area contributed by atoms with Crippen LogP contribution in [0, 0.1) is 0 Å². The first kappa shape index (κ1) is 17.1. The molecule has 1 aromatic heterocycles. The lowest BCUT2D eigenvalue weighted by Crippen LogP contribution is -2.35. The average molecular weight is 364 g/mol. The van der Waals surface area contributed by atoms with E-state index in [2.05, 4.69) is 9.97 Å². The van der Waals surface area contributed by atoms with Crippen LogP contribution < -0.4 is 9.80 Å². The lowest BCUT2D eigenvalue weighted by atomic mass is 9.97. The monoisotopic (exact) mass is 364 g/mol. The van der Waals surface area contributed by atoms with Crippen LogP contribution >= 0.6 is 0 Å². The van der Waals surface area contributed by atoms with Crippen LogP contribution in [-0.4, -0.2) is 34.7 Å². The van der Waals surface area contributed by atoms with Crippen molar-refractivity contribution >= 4 is 11.8 Å². The number of halogens is 3. The van der Waals surface area contributed by atoms with Crippen molar-refractivity contribution in [3.8, 4) is 0 Å². The van der Waals surface area contributed by atoms with Crippen molar-refractivity contribution in [1.82, 2.24) is 9.97 Å². The van der Waals surface area contributed by atoms with Crippen molar-refractivity contribution in [3.63, 3.8) is 0 Å². The highest BCUT2D eigenvalue weighted by Crippen LogP contribution is 2.34. The van der Waals surface area contributed by atoms with Crippen LogP contribution in [0.5, 0.6) is 0 Å². The molecule has 26 heavy (non-hydrogen) atoms. The first-order valence-corrected chi connectivity index (χ1v) is 8.64. The fraction of sp³-hybridized carbons (Fsp3) is 0.444. The van der Waals surface area contributed by atoms with Crippen LogP contribution in [0.2, 0.25) is 0 Å². The molecule has 0 unspecified atom stereocenters. The first-order valence-electron chi connectivity index (χ1n) is 8.64. The minimum Gasteiger partial charge on any atom is -0.387 e. The molecule has 4 rings (SSSR count). The first-order chi connectivity index (χ1) is 12.4. The Bertz CT molecular complexity index is 805. The molecule has 8 heteroatoms. The molecule has 1 saturated heterocycles. The normalized spacial score (nSPS) is 20.4. The smallest absolute Gasteiger partial charge is 0.387 e. The number of aliphatic hydroxyl groups excluding tert-OH is 1. The van der Waals surface area contributed by atoms with Crippen molar-refractivity contribution in [2.45, 2.75) is 31.7 Å². The van der Waals surface area contributed by atoms with Crippen LogP contribution in [0.25, 0.3) is 0 Å². The minimum absolute atomic E-state index is 0.112. The lowest BCUT2D eigenvalue weighted by Gasteiger charge is -2.33. The maximum absolute atomic E-state index is 13.3. The number of aliphatic hydroxyl groups is 1. The number of anilines is 2. The summed E-state index contributed by atoms with van der Waals surface area (Å²) < 4.78 is 40.0. The van der Waals surface area contributed by atoms with Crippen LogP contribution in [0.3, 0.4) is 0 Å². The quantitative estimate of drug-likeness (QED) is 0.887. The van der Waals surface area contributed by atoms with E-state index in [0.29, 0.717) is 19.6 Å². The third kappa shape index (κ3) is 3.21. The lowest BCUT2D eigenvalue weighted by molar-refractivity contribution is -0.141. The average Bonchev–Trinajstić information content (AvgIpc) is 3.15. The minimum atomic E-state index is -4.54. The molecule has 2 aromatic rings. The Hall–Kier alpha value is -2.35. The van der Waals surface area contributed by atoms with Gasteiger partial charge in [-0.2, -0.15) is 18.2 Å². The van der Waals surface area contributed by atoms with Gasteiger partial charge in [0.05, 0.1) is 6.10 Å². The fourth-order valence-corrected chi connectivity index (χ4v) is 3.54. The van der Waals surface area contributed by atoms with E-state index < -0.39 is 18.0 Å². The van der Waals surface area contributed by atoms with Crippen molar-refractivity contribution in [2.75, 3.05) is 29.4 Å². The third-order valence-corrected chi connectivity index (χ3v) is 4.87. The summed E-state index contributed by atoms with van der Waals surface area (Å²) in [6.07, 6.45) is -3.46. The number of benzene rings is 1. The van der Waals surface area contributed by atoms with Crippen molar-refractivity contribution in [3.05, 3.63) is 47.2 Å². The summed E-state index contributed by atoms with van der Waals surface area (Å²) in [6.45, 7) is 1.92. The molecule has 1 fully saturated rings. The molecule has 2 aliphatic rings. The van der Waals surface area contributed by atoms with E-state index in [0.717, 1.165) is 30.0 Å². The highest BCUT2D eigenvalue weighted by molar-refractivity contribution is 5.50. The third-order valence-electron chi connectivity index (χ3n) is 4.87. The molecule has 0 aliphatic carbocycles. The summed E-state index contributed by atoms with van der Waals surface area (Å²) in [5, 5.41) is 10.4. The summed E-state index contributed by atoms with van der Waals surface area (Å²) in [6, 6.07) is 8.38. The van der Waals surface area contributed by atoms with Gasteiger partial charge in [-0.3, -0.25) is 0 Å². The Labute approximate surface area is 149 Å². The molecule has 1 N–H and O–H groups in total. The molecule has 1 aromatic carbocycles. The van der Waals surface area contributed by atoms with E-state index in [-0.39, 0.29) is 18.3 Å². The summed E-state index contributed by atoms with van der Waals surface area (Å²) in [7, 11) is 0. The zero-order chi connectivity index (χ0) is 18.3. The number of alkyl halides is 3. The van der Waals surface area contributed by atoms with E-state index in [4.69, 9.17) is 0 Å². The Balaban J connectivity index is 1.72. The van der Waals surface area contributed by atoms with Gasteiger partial charge in [0.15, 0.2) is 5.69 Å². The van der Waals surface area contributed by atoms with Gasteiger partial charge in [-0.15, -0.1) is 0 Å². The van der Waals surface area contributed by atoms with E-state index in [9.17, 15) is 18.3 Å². The maximum Gasteiger partial charge on any atom is 0.433 e. The second kappa shape index (κ2) is 6.42. The highest BCUT2D eigenvalue weighted by atomic mass is 19.4. The molecule has 0 radical (unpaired) electrons. The van der Waals surface area contributed by atoms with Crippen molar-refractivity contribution in [2.24, 2.45) is 0 Å². The van der Waals surface area contributed by atoms with Crippen LogP contribution in [0.1, 0.15) is 35.8 Å². The van der Waals surface area contributed by atoms with Crippen LogP contribution in [0.15, 0.2) is 30.3 Å². The topological polar surface area (TPSA) is 52.5 Å². The predicted molar refractivity (Wildman–Crippen MR) is 90.9 cm³/mol. The van der Waals surface area contributed by atoms with E-state index in [1.165, 1.54) is 0 Å². The van der Waals surface area contributed by atoms with Gasteiger partial charge < -0.3 is 14.9 Å². The van der Waals surface area contributed by atoms with E-state index in [1.807, 2.05) is 24.3 Å². The number of rotatable bonds is 2. The SMILES string of the molecule is O[C@@H]1CN(c2cc(C(F)(F)F)nc(N3CCCC3)n2)Cc2ccccc21. The van der Waals surface area contributed by atoms with Gasteiger partial charge in [0.25, 0.3) is 0 Å². The molecule has 0 amide bonds. The second-order valence-electron chi connectivity index (χ2n) is 6.70. The number of hydrogen-bond donors (Lipinski definition) is 1. The number of β-amino-alcohol motifs (C(OH)–C–C–N with tert-alkyl or cyclic N) is 1. The number of aromatic nitrogens is 2. The Morgan fingerprint density at radius 3 is 2.50 bits per heavy atom. The molecule has 138 valence electrons. The van der Waals surface area contributed by atoms with Gasteiger partial charge in [0.2, 0.25) is 5.95 Å². The Kier molecular flexibility index (Phi) is 4.22. The van der Waals surface area contributed by atoms with Crippen LogP contribution in [0.4, 0.5) is 24.9 Å². The maximum atomic E-state index is 13.3. The molecule has 0 bridgehead atoms. The van der Waals surface area contributed by atoms with Crippen molar-refractivity contribution < 1.29 is 18.3 Å². The summed E-state index contributed by atoms with van der Waals surface area (Å²) >= 11 is 0. The van der Waals surface area contributed by atoms with Gasteiger partial charge in [0.1, 0.15) is 5.82 Å². The summed E-state index contributed by atoms with van der Waals surface area (Å²) in [5.74, 6) is 0.309. The largest absolute Gasteiger partial charge is 0.433 e. The molecular weight excluding hydrogens is 345 g/mol. The van der Waals surface area contributed by atoms with E-state index >= 15 is 0 Å². The number of nitrogens with zero attached hydrogens (tertiary/aromatic N) is 4. The van der Waals surface area contributed by atoms with Crippen LogP contribution in [-0.2, 0) is 12.7 Å². The Morgan fingerprint density at radius 2 is 1.77 bits per heavy atom. The highest BCUT2D eigenvalue weighted by Gasteiger charge is 2.36. The molecule has 0 spiro atoms. The Morgan fingerprint density at radius 1 is 1.04 bits per heavy atom. The molecule has 3 heterocycles. The number of hydrogen-bond acceptors (Lipinski definition) is 5. The zero-order valence-corrected chi connectivity index (χ0v) is 14.1.